The van der Waals surface area contributed by atoms with Crippen LogP contribution in [-0.2, 0) is 22.6 Å². The molecule has 0 saturated carbocycles. The van der Waals surface area contributed by atoms with Crippen LogP contribution in [0.5, 0.6) is 0 Å². The number of nitrogens with one attached hydrogen (secondary N) is 1. The van der Waals surface area contributed by atoms with Gasteiger partial charge in [0.2, 0.25) is 5.91 Å². The van der Waals surface area contributed by atoms with Crippen LogP contribution >= 0.6 is 0 Å². The number of benzene rings is 2. The van der Waals surface area contributed by atoms with E-state index in [1.54, 1.807) is 17.0 Å². The van der Waals surface area contributed by atoms with E-state index < -0.39 is 0 Å². The summed E-state index contributed by atoms with van der Waals surface area (Å²) in [6.07, 6.45) is 1.21. The molecule has 0 radical (unpaired) electrons. The van der Waals surface area contributed by atoms with E-state index in [-0.39, 0.29) is 11.8 Å². The van der Waals surface area contributed by atoms with Gasteiger partial charge in [-0.3, -0.25) is 14.5 Å². The van der Waals surface area contributed by atoms with Crippen molar-refractivity contribution in [1.82, 2.24) is 15.1 Å². The third kappa shape index (κ3) is 5.06. The molecule has 0 unspecified atom stereocenters. The molecular formula is C25H28N4O3. The van der Waals surface area contributed by atoms with Gasteiger partial charge < -0.3 is 10.1 Å². The Morgan fingerprint density at radius 2 is 1.91 bits per heavy atom. The van der Waals surface area contributed by atoms with E-state index in [2.05, 4.69) is 5.32 Å². The van der Waals surface area contributed by atoms with Crippen LogP contribution in [0.3, 0.4) is 0 Å². The summed E-state index contributed by atoms with van der Waals surface area (Å²) < 4.78 is 7.18. The molecule has 2 heterocycles. The molecule has 4 rings (SSSR count). The molecule has 1 aromatic heterocycles. The minimum absolute atomic E-state index is 0.0770. The second-order valence-electron chi connectivity index (χ2n) is 7.71. The van der Waals surface area contributed by atoms with E-state index >= 15 is 0 Å². The number of aryl methyl sites for hydroxylation is 1. The molecule has 3 aromatic rings. The molecule has 32 heavy (non-hydrogen) atoms. The molecule has 0 saturated heterocycles. The molecule has 2 aromatic carbocycles. The number of amides is 2. The predicted octanol–water partition coefficient (Wildman–Crippen LogP) is 3.64. The minimum Gasteiger partial charge on any atom is -0.382 e. The second kappa shape index (κ2) is 10.2. The molecule has 0 fully saturated rings. The Bertz CT molecular complexity index is 1060. The molecule has 2 amide bonds. The SMILES string of the molecule is CCOCCCNC(=O)c1ccc(CN2C(=O)CCn3nc(-c4ccccc4)cc32)cc1. The first-order valence-corrected chi connectivity index (χ1v) is 11.0. The van der Waals surface area contributed by atoms with Crippen LogP contribution in [0.2, 0.25) is 0 Å². The van der Waals surface area contributed by atoms with Crippen molar-refractivity contribution in [2.45, 2.75) is 32.9 Å². The lowest BCUT2D eigenvalue weighted by atomic mass is 10.1. The zero-order valence-electron chi connectivity index (χ0n) is 18.3. The maximum atomic E-state index is 12.7. The van der Waals surface area contributed by atoms with E-state index in [4.69, 9.17) is 9.84 Å². The van der Waals surface area contributed by atoms with Crippen molar-refractivity contribution in [1.29, 1.82) is 0 Å². The maximum Gasteiger partial charge on any atom is 0.251 e. The lowest BCUT2D eigenvalue weighted by molar-refractivity contribution is -0.119. The van der Waals surface area contributed by atoms with Crippen molar-refractivity contribution < 1.29 is 14.3 Å². The number of fused-ring (bicyclic) bond motifs is 1. The third-order valence-corrected chi connectivity index (χ3v) is 5.46. The average molecular weight is 433 g/mol. The highest BCUT2D eigenvalue weighted by Gasteiger charge is 2.26. The molecule has 0 aliphatic carbocycles. The number of ether oxygens (including phenoxy) is 1. The first kappa shape index (κ1) is 21.8. The molecule has 166 valence electrons. The average Bonchev–Trinajstić information content (AvgIpc) is 3.26. The fourth-order valence-electron chi connectivity index (χ4n) is 3.74. The van der Waals surface area contributed by atoms with E-state index in [0.717, 1.165) is 29.1 Å². The van der Waals surface area contributed by atoms with Gasteiger partial charge in [0.05, 0.1) is 18.8 Å². The first-order chi connectivity index (χ1) is 15.7. The van der Waals surface area contributed by atoms with Gasteiger partial charge in [-0.1, -0.05) is 42.5 Å². The smallest absolute Gasteiger partial charge is 0.251 e. The van der Waals surface area contributed by atoms with E-state index in [1.165, 1.54) is 0 Å². The van der Waals surface area contributed by atoms with Gasteiger partial charge in [-0.2, -0.15) is 5.10 Å². The Morgan fingerprint density at radius 1 is 1.12 bits per heavy atom. The highest BCUT2D eigenvalue weighted by molar-refractivity contribution is 5.95. The van der Waals surface area contributed by atoms with Crippen LogP contribution in [0, 0.1) is 0 Å². The summed E-state index contributed by atoms with van der Waals surface area (Å²) in [5.74, 6) is 0.775. The molecule has 0 atom stereocenters. The zero-order valence-corrected chi connectivity index (χ0v) is 18.3. The largest absolute Gasteiger partial charge is 0.382 e. The van der Waals surface area contributed by atoms with Crippen molar-refractivity contribution >= 4 is 17.6 Å². The number of rotatable bonds is 9. The maximum absolute atomic E-state index is 12.7. The van der Waals surface area contributed by atoms with Gasteiger partial charge in [0.1, 0.15) is 5.82 Å². The molecule has 0 spiro atoms. The van der Waals surface area contributed by atoms with E-state index in [9.17, 15) is 9.59 Å². The quantitative estimate of drug-likeness (QED) is 0.524. The Balaban J connectivity index is 1.42. The van der Waals surface area contributed by atoms with Gasteiger partial charge in [0, 0.05) is 43.4 Å². The molecule has 1 N–H and O–H groups in total. The van der Waals surface area contributed by atoms with E-state index in [0.29, 0.717) is 44.8 Å². The third-order valence-electron chi connectivity index (χ3n) is 5.46. The fraction of sp³-hybridized carbons (Fsp3) is 0.320. The topological polar surface area (TPSA) is 76.5 Å². The number of hydrogen-bond acceptors (Lipinski definition) is 4. The Labute approximate surface area is 188 Å². The number of anilines is 1. The van der Waals surface area contributed by atoms with Crippen LogP contribution in [-0.4, -0.2) is 41.4 Å². The highest BCUT2D eigenvalue weighted by atomic mass is 16.5. The van der Waals surface area contributed by atoms with Crippen LogP contribution in [0.25, 0.3) is 11.3 Å². The lowest BCUT2D eigenvalue weighted by Crippen LogP contribution is -2.36. The summed E-state index contributed by atoms with van der Waals surface area (Å²) in [7, 11) is 0. The van der Waals surface area contributed by atoms with Gasteiger partial charge >= 0.3 is 0 Å². The number of carbonyl (C=O) groups is 2. The number of nitrogens with zero attached hydrogens (tertiary/aromatic N) is 3. The van der Waals surface area contributed by atoms with Crippen molar-refractivity contribution in [2.75, 3.05) is 24.7 Å². The van der Waals surface area contributed by atoms with Crippen LogP contribution < -0.4 is 10.2 Å². The minimum atomic E-state index is -0.104. The molecular weight excluding hydrogens is 404 g/mol. The van der Waals surface area contributed by atoms with Crippen LogP contribution in [0.1, 0.15) is 35.7 Å². The highest BCUT2D eigenvalue weighted by Crippen LogP contribution is 2.29. The van der Waals surface area contributed by atoms with E-state index in [1.807, 2.05) is 60.1 Å². The van der Waals surface area contributed by atoms with Crippen molar-refractivity contribution in [3.63, 3.8) is 0 Å². The lowest BCUT2D eigenvalue weighted by Gasteiger charge is -2.27. The molecule has 7 nitrogen and oxygen atoms in total. The van der Waals surface area contributed by atoms with Gasteiger partial charge in [0.25, 0.3) is 5.91 Å². The number of hydrogen-bond donors (Lipinski definition) is 1. The molecule has 0 bridgehead atoms. The van der Waals surface area contributed by atoms with Gasteiger partial charge in [-0.15, -0.1) is 0 Å². The summed E-state index contributed by atoms with van der Waals surface area (Å²) in [6.45, 7) is 4.88. The molecule has 1 aliphatic rings. The summed E-state index contributed by atoms with van der Waals surface area (Å²) >= 11 is 0. The standard InChI is InChI=1S/C25H28N4O3/c1-2-32-16-6-14-26-25(31)21-11-9-19(10-12-21)18-28-23-17-22(20-7-4-3-5-8-20)27-29(23)15-13-24(28)30/h3-5,7-12,17H,2,6,13-16,18H2,1H3,(H,26,31). The second-order valence-corrected chi connectivity index (χ2v) is 7.71. The Kier molecular flexibility index (Phi) is 6.97. The van der Waals surface area contributed by atoms with Gasteiger partial charge in [-0.05, 0) is 31.0 Å². The number of carbonyl (C=O) groups excluding carboxylic acids is 2. The predicted molar refractivity (Wildman–Crippen MR) is 123 cm³/mol. The Morgan fingerprint density at radius 3 is 2.66 bits per heavy atom. The van der Waals surface area contributed by atoms with Crippen molar-refractivity contribution in [2.24, 2.45) is 0 Å². The number of aromatic nitrogens is 2. The molecule has 7 heteroatoms. The molecule has 1 aliphatic heterocycles. The Hall–Kier alpha value is -3.45. The van der Waals surface area contributed by atoms with Crippen LogP contribution in [0.4, 0.5) is 5.82 Å². The fourth-order valence-corrected chi connectivity index (χ4v) is 3.74. The summed E-state index contributed by atoms with van der Waals surface area (Å²) in [5.41, 5.74) is 3.45. The zero-order chi connectivity index (χ0) is 22.3. The van der Waals surface area contributed by atoms with Crippen LogP contribution in [0.15, 0.2) is 60.7 Å². The van der Waals surface area contributed by atoms with Gasteiger partial charge in [0.15, 0.2) is 0 Å². The normalized spacial score (nSPS) is 13.2. The van der Waals surface area contributed by atoms with Crippen molar-refractivity contribution in [3.8, 4) is 11.3 Å². The summed E-state index contributed by atoms with van der Waals surface area (Å²) in [4.78, 5) is 26.8. The van der Waals surface area contributed by atoms with Crippen molar-refractivity contribution in [3.05, 3.63) is 71.8 Å². The van der Waals surface area contributed by atoms with Gasteiger partial charge in [-0.25, -0.2) is 4.68 Å². The summed E-state index contributed by atoms with van der Waals surface area (Å²) in [5, 5.41) is 7.59. The first-order valence-electron chi connectivity index (χ1n) is 11.0. The summed E-state index contributed by atoms with van der Waals surface area (Å²) in [6, 6.07) is 19.3. The monoisotopic (exact) mass is 432 g/mol.